The number of rotatable bonds is 2. The molecule has 9 fully saturated rings. The molecule has 0 unspecified atom stereocenters. The van der Waals surface area contributed by atoms with Crippen molar-refractivity contribution in [3.8, 4) is 0 Å². The predicted octanol–water partition coefficient (Wildman–Crippen LogP) is 2.73. The zero-order valence-corrected chi connectivity index (χ0v) is 17.8. The summed E-state index contributed by atoms with van der Waals surface area (Å²) >= 11 is 0. The van der Waals surface area contributed by atoms with Gasteiger partial charge < -0.3 is 14.6 Å². The van der Waals surface area contributed by atoms with Gasteiger partial charge in [0, 0.05) is 35.1 Å². The predicted molar refractivity (Wildman–Crippen MR) is 106 cm³/mol. The Bertz CT molecular complexity index is 843. The number of esters is 1. The zero-order chi connectivity index (χ0) is 20.1. The van der Waals surface area contributed by atoms with Crippen LogP contribution in [-0.4, -0.2) is 53.1 Å². The fourth-order valence-electron chi connectivity index (χ4n) is 10.8. The molecule has 2 spiro atoms. The molecule has 4 saturated heterocycles. The second kappa shape index (κ2) is 4.94. The van der Waals surface area contributed by atoms with Gasteiger partial charge in [0.1, 0.15) is 12.3 Å². The molecule has 9 rings (SSSR count). The van der Waals surface area contributed by atoms with Crippen molar-refractivity contribution in [1.29, 1.82) is 0 Å². The SMILES string of the molecule is C=C1[C@H]2C[C@@]3([C@@H]1OC(C)=O)[C@@H](C[C@H]2O)[C@]12[C@@H]4CC[C@]5(C)[C@H]1C[C@H]3[C@@H]2N(CC)[C@@H]5O4. The van der Waals surface area contributed by atoms with E-state index in [9.17, 15) is 9.90 Å². The van der Waals surface area contributed by atoms with Crippen molar-refractivity contribution in [2.24, 2.45) is 39.9 Å². The number of hydrogen-bond donors (Lipinski definition) is 1. The summed E-state index contributed by atoms with van der Waals surface area (Å²) < 4.78 is 12.9. The number of carbonyl (C=O) groups is 1. The molecule has 0 radical (unpaired) electrons. The van der Waals surface area contributed by atoms with E-state index in [1.54, 1.807) is 0 Å². The maximum atomic E-state index is 12.1. The third-order valence-corrected chi connectivity index (χ3v) is 11.2. The van der Waals surface area contributed by atoms with E-state index < -0.39 is 0 Å². The summed E-state index contributed by atoms with van der Waals surface area (Å²) in [6.45, 7) is 11.7. The third-order valence-electron chi connectivity index (χ3n) is 11.2. The second-order valence-electron chi connectivity index (χ2n) is 11.5. The van der Waals surface area contributed by atoms with Gasteiger partial charge in [0.2, 0.25) is 0 Å². The maximum absolute atomic E-state index is 12.1. The fourth-order valence-corrected chi connectivity index (χ4v) is 10.8. The van der Waals surface area contributed by atoms with Crippen molar-refractivity contribution in [2.75, 3.05) is 6.54 Å². The number of carbonyl (C=O) groups excluding carboxylic acids is 1. The summed E-state index contributed by atoms with van der Waals surface area (Å²) in [7, 11) is 0. The van der Waals surface area contributed by atoms with Gasteiger partial charge in [0.05, 0.1) is 12.2 Å². The number of aliphatic hydroxyl groups is 1. The molecule has 5 heteroatoms. The highest BCUT2D eigenvalue weighted by molar-refractivity contribution is 5.67. The smallest absolute Gasteiger partial charge is 0.303 e. The van der Waals surface area contributed by atoms with Crippen molar-refractivity contribution in [1.82, 2.24) is 4.90 Å². The standard InChI is InChI=1S/C24H33NO4/c1-5-25-19-14-8-16-22(4)7-6-18(29-21(22)25)24(16,19)17-9-15(27)13-10-23(14,17)20(11(13)2)28-12(3)26/h13-21,27H,2,5-10H2,1,3-4H3/t13-,14+,15-,16-,17-,18+,19+,20-,21-,22-,23+,24+/m1/s1. The van der Waals surface area contributed by atoms with E-state index >= 15 is 0 Å². The highest BCUT2D eigenvalue weighted by Gasteiger charge is 2.89. The first-order valence-corrected chi connectivity index (χ1v) is 11.8. The lowest BCUT2D eigenvalue weighted by Gasteiger charge is -2.73. The lowest BCUT2D eigenvalue weighted by atomic mass is 9.41. The van der Waals surface area contributed by atoms with Crippen LogP contribution in [0.3, 0.4) is 0 Å². The van der Waals surface area contributed by atoms with Crippen molar-refractivity contribution >= 4 is 5.97 Å². The van der Waals surface area contributed by atoms with Crippen LogP contribution >= 0.6 is 0 Å². The van der Waals surface area contributed by atoms with Crippen LogP contribution < -0.4 is 0 Å². The van der Waals surface area contributed by atoms with Crippen LogP contribution in [0.15, 0.2) is 12.2 Å². The Labute approximate surface area is 172 Å². The molecule has 12 atom stereocenters. The fraction of sp³-hybridized carbons (Fsp3) is 0.875. The van der Waals surface area contributed by atoms with Crippen LogP contribution in [0.5, 0.6) is 0 Å². The van der Waals surface area contributed by atoms with E-state index in [1.807, 2.05) is 0 Å². The zero-order valence-electron chi connectivity index (χ0n) is 17.8. The number of hydrogen-bond acceptors (Lipinski definition) is 5. The molecule has 4 aliphatic heterocycles. The van der Waals surface area contributed by atoms with Gasteiger partial charge in [-0.2, -0.15) is 0 Å². The molecule has 9 bridgehead atoms. The van der Waals surface area contributed by atoms with E-state index in [0.717, 1.165) is 31.4 Å². The minimum atomic E-state index is -0.366. The molecular formula is C24H33NO4. The summed E-state index contributed by atoms with van der Waals surface area (Å²) in [4.78, 5) is 14.8. The Morgan fingerprint density at radius 2 is 2.17 bits per heavy atom. The third kappa shape index (κ3) is 1.52. The summed E-state index contributed by atoms with van der Waals surface area (Å²) in [6, 6.07) is 0.509. The molecule has 0 aromatic rings. The van der Waals surface area contributed by atoms with Gasteiger partial charge >= 0.3 is 5.97 Å². The lowest BCUT2D eigenvalue weighted by Crippen LogP contribution is -2.78. The molecule has 0 aromatic heterocycles. The van der Waals surface area contributed by atoms with Crippen molar-refractivity contribution < 1.29 is 19.4 Å². The summed E-state index contributed by atoms with van der Waals surface area (Å²) in [5, 5.41) is 11.2. The van der Waals surface area contributed by atoms with E-state index in [2.05, 4.69) is 25.3 Å². The first-order valence-electron chi connectivity index (χ1n) is 11.8. The average molecular weight is 400 g/mol. The van der Waals surface area contributed by atoms with Crippen LogP contribution in [0.2, 0.25) is 0 Å². The summed E-state index contributed by atoms with van der Waals surface area (Å²) in [5.41, 5.74) is 1.24. The first kappa shape index (κ1) is 17.7. The molecule has 0 aromatic carbocycles. The van der Waals surface area contributed by atoms with Gasteiger partial charge in [0.25, 0.3) is 0 Å². The highest BCUT2D eigenvalue weighted by atomic mass is 16.5. The van der Waals surface area contributed by atoms with Gasteiger partial charge in [-0.05, 0) is 62.0 Å². The molecule has 5 saturated carbocycles. The maximum Gasteiger partial charge on any atom is 0.303 e. The quantitative estimate of drug-likeness (QED) is 0.572. The highest BCUT2D eigenvalue weighted by Crippen LogP contribution is 2.86. The molecule has 9 aliphatic rings. The Hall–Kier alpha value is -0.910. The molecule has 5 nitrogen and oxygen atoms in total. The van der Waals surface area contributed by atoms with Crippen molar-refractivity contribution in [2.45, 2.75) is 83.5 Å². The summed E-state index contributed by atoms with van der Waals surface area (Å²) in [5.74, 6) is 1.42. The number of nitrogens with zero attached hydrogens (tertiary/aromatic N) is 1. The molecular weight excluding hydrogens is 366 g/mol. The molecule has 0 amide bonds. The minimum Gasteiger partial charge on any atom is -0.457 e. The minimum absolute atomic E-state index is 0.0552. The van der Waals surface area contributed by atoms with Crippen LogP contribution in [0, 0.1) is 39.9 Å². The topological polar surface area (TPSA) is 59.0 Å². The average Bonchev–Trinajstić information content (AvgIpc) is 3.22. The van der Waals surface area contributed by atoms with Crippen LogP contribution in [0.25, 0.3) is 0 Å². The van der Waals surface area contributed by atoms with Gasteiger partial charge in [-0.15, -0.1) is 0 Å². The second-order valence-corrected chi connectivity index (χ2v) is 11.5. The van der Waals surface area contributed by atoms with Gasteiger partial charge in [-0.3, -0.25) is 9.69 Å². The number of piperidine rings is 1. The number of ether oxygens (including phenoxy) is 2. The Morgan fingerprint density at radius 3 is 2.90 bits per heavy atom. The Kier molecular flexibility index (Phi) is 3.02. The first-order chi connectivity index (χ1) is 13.8. The molecule has 5 aliphatic carbocycles. The molecule has 158 valence electrons. The molecule has 4 heterocycles. The van der Waals surface area contributed by atoms with Crippen molar-refractivity contribution in [3.05, 3.63) is 12.2 Å². The van der Waals surface area contributed by atoms with Gasteiger partial charge in [-0.1, -0.05) is 20.4 Å². The van der Waals surface area contributed by atoms with E-state index in [1.165, 1.54) is 19.8 Å². The van der Waals surface area contributed by atoms with E-state index in [0.29, 0.717) is 29.9 Å². The van der Waals surface area contributed by atoms with Crippen LogP contribution in [0.1, 0.15) is 52.9 Å². The van der Waals surface area contributed by atoms with Gasteiger partial charge in [-0.25, -0.2) is 0 Å². The lowest BCUT2D eigenvalue weighted by molar-refractivity contribution is -0.372. The normalized spacial score (nSPS) is 63.3. The molecule has 1 N–H and O–H groups in total. The van der Waals surface area contributed by atoms with E-state index in [-0.39, 0.29) is 46.6 Å². The largest absolute Gasteiger partial charge is 0.457 e. The monoisotopic (exact) mass is 399 g/mol. The van der Waals surface area contributed by atoms with E-state index in [4.69, 9.17) is 9.47 Å². The van der Waals surface area contributed by atoms with Crippen molar-refractivity contribution in [3.63, 3.8) is 0 Å². The van der Waals surface area contributed by atoms with Crippen LogP contribution in [0.4, 0.5) is 0 Å². The molecule has 29 heavy (non-hydrogen) atoms. The van der Waals surface area contributed by atoms with Gasteiger partial charge in [0.15, 0.2) is 0 Å². The number of aliphatic hydroxyl groups excluding tert-OH is 1. The Balaban J connectivity index is 1.47. The number of fused-ring (bicyclic) bond motifs is 2. The summed E-state index contributed by atoms with van der Waals surface area (Å²) in [6.07, 6.45) is 5.35. The Morgan fingerprint density at radius 1 is 1.38 bits per heavy atom. The van der Waals surface area contributed by atoms with Crippen LogP contribution in [-0.2, 0) is 14.3 Å².